The van der Waals surface area contributed by atoms with E-state index in [1.807, 2.05) is 13.8 Å². The summed E-state index contributed by atoms with van der Waals surface area (Å²) in [6, 6.07) is 1.66. The molecule has 0 saturated heterocycles. The minimum Gasteiger partial charge on any atom is -0.389 e. The predicted octanol–water partition coefficient (Wildman–Crippen LogP) is 1.70. The van der Waals surface area contributed by atoms with Crippen LogP contribution in [-0.4, -0.2) is 45.0 Å². The second-order valence-electron chi connectivity index (χ2n) is 5.35. The fourth-order valence-corrected chi connectivity index (χ4v) is 1.68. The highest BCUT2D eigenvalue weighted by atomic mass is 16.3. The number of rotatable bonds is 4. The highest BCUT2D eigenvalue weighted by molar-refractivity contribution is 5.88. The van der Waals surface area contributed by atoms with E-state index in [0.717, 1.165) is 0 Å². The van der Waals surface area contributed by atoms with Gasteiger partial charge in [0.15, 0.2) is 0 Å². The first kappa shape index (κ1) is 14.5. The van der Waals surface area contributed by atoms with E-state index in [-0.39, 0.29) is 18.6 Å². The normalized spacial score (nSPS) is 11.7. The number of anilines is 1. The first-order valence-corrected chi connectivity index (χ1v) is 5.99. The average Bonchev–Trinajstić information content (AvgIpc) is 2.62. The van der Waals surface area contributed by atoms with Crippen molar-refractivity contribution in [3.8, 4) is 0 Å². The van der Waals surface area contributed by atoms with E-state index in [4.69, 9.17) is 0 Å². The summed E-state index contributed by atoms with van der Waals surface area (Å²) in [6.45, 7) is 7.56. The van der Waals surface area contributed by atoms with Crippen LogP contribution >= 0.6 is 0 Å². The molecule has 6 heteroatoms. The van der Waals surface area contributed by atoms with Gasteiger partial charge in [0.1, 0.15) is 5.82 Å². The van der Waals surface area contributed by atoms with Crippen molar-refractivity contribution in [2.24, 2.45) is 0 Å². The number of carbonyl (C=O) groups excluding carboxylic acids is 1. The number of likely N-dealkylation sites (N-methyl/N-ethyl adjacent to an activating group) is 1. The zero-order chi connectivity index (χ0) is 13.9. The molecule has 0 unspecified atom stereocenters. The number of carbonyl (C=O) groups is 1. The lowest BCUT2D eigenvalue weighted by Gasteiger charge is -2.26. The summed E-state index contributed by atoms with van der Waals surface area (Å²) < 4.78 is 1.73. The Bertz CT molecular complexity index is 406. The Morgan fingerprint density at radius 3 is 2.72 bits per heavy atom. The van der Waals surface area contributed by atoms with Crippen LogP contribution in [0.4, 0.5) is 10.6 Å². The highest BCUT2D eigenvalue weighted by Crippen LogP contribution is 2.14. The summed E-state index contributed by atoms with van der Waals surface area (Å²) in [5, 5.41) is 16.6. The summed E-state index contributed by atoms with van der Waals surface area (Å²) in [6.07, 6.45) is 1.64. The molecular formula is C12H22N4O2. The third-order valence-electron chi connectivity index (χ3n) is 2.37. The third-order valence-corrected chi connectivity index (χ3v) is 2.37. The molecule has 0 bridgehead atoms. The van der Waals surface area contributed by atoms with Crippen LogP contribution in [0.3, 0.4) is 0 Å². The van der Waals surface area contributed by atoms with Gasteiger partial charge >= 0.3 is 6.03 Å². The number of aliphatic hydroxyl groups is 1. The molecule has 0 aliphatic heterocycles. The van der Waals surface area contributed by atoms with Crippen molar-refractivity contribution in [2.45, 2.75) is 39.3 Å². The topological polar surface area (TPSA) is 70.4 Å². The standard InChI is InChI=1S/C12H22N4O2/c1-9(2)16-10(6-7-13-16)14-11(17)15(5)8-12(3,4)18/h6-7,9,18H,8H2,1-5H3,(H,14,17). The van der Waals surface area contributed by atoms with E-state index < -0.39 is 5.60 Å². The van der Waals surface area contributed by atoms with Crippen LogP contribution in [-0.2, 0) is 0 Å². The van der Waals surface area contributed by atoms with Gasteiger partial charge in [-0.05, 0) is 27.7 Å². The molecule has 2 amide bonds. The number of urea groups is 1. The second-order valence-corrected chi connectivity index (χ2v) is 5.35. The Balaban J connectivity index is 2.67. The number of nitrogens with one attached hydrogen (secondary N) is 1. The molecule has 0 radical (unpaired) electrons. The van der Waals surface area contributed by atoms with E-state index >= 15 is 0 Å². The van der Waals surface area contributed by atoms with Crippen LogP contribution < -0.4 is 5.32 Å². The Labute approximate surface area is 108 Å². The highest BCUT2D eigenvalue weighted by Gasteiger charge is 2.20. The first-order valence-electron chi connectivity index (χ1n) is 5.99. The lowest BCUT2D eigenvalue weighted by molar-refractivity contribution is 0.0550. The van der Waals surface area contributed by atoms with Crippen LogP contribution in [0.15, 0.2) is 12.3 Å². The van der Waals surface area contributed by atoms with E-state index in [0.29, 0.717) is 5.82 Å². The van der Waals surface area contributed by atoms with Gasteiger partial charge in [-0.25, -0.2) is 9.48 Å². The molecule has 18 heavy (non-hydrogen) atoms. The molecule has 0 atom stereocenters. The monoisotopic (exact) mass is 254 g/mol. The molecular weight excluding hydrogens is 232 g/mol. The Hall–Kier alpha value is -1.56. The van der Waals surface area contributed by atoms with Crippen LogP contribution in [0.5, 0.6) is 0 Å². The molecule has 1 aromatic rings. The SMILES string of the molecule is CC(C)n1nccc1NC(=O)N(C)CC(C)(C)O. The molecule has 2 N–H and O–H groups in total. The third kappa shape index (κ3) is 4.03. The minimum absolute atomic E-state index is 0.176. The zero-order valence-corrected chi connectivity index (χ0v) is 11.6. The Morgan fingerprint density at radius 2 is 2.22 bits per heavy atom. The fraction of sp³-hybridized carbons (Fsp3) is 0.667. The van der Waals surface area contributed by atoms with E-state index in [1.165, 1.54) is 4.90 Å². The molecule has 1 aromatic heterocycles. The maximum atomic E-state index is 11.9. The fourth-order valence-electron chi connectivity index (χ4n) is 1.68. The summed E-state index contributed by atoms with van der Waals surface area (Å²) >= 11 is 0. The smallest absolute Gasteiger partial charge is 0.322 e. The summed E-state index contributed by atoms with van der Waals surface area (Å²) in [7, 11) is 1.64. The maximum absolute atomic E-state index is 11.9. The molecule has 1 rings (SSSR count). The van der Waals surface area contributed by atoms with Crippen LogP contribution in [0, 0.1) is 0 Å². The second kappa shape index (κ2) is 5.39. The van der Waals surface area contributed by atoms with Crippen molar-refractivity contribution in [1.29, 1.82) is 0 Å². The number of nitrogens with zero attached hydrogens (tertiary/aromatic N) is 3. The summed E-state index contributed by atoms with van der Waals surface area (Å²) in [5.41, 5.74) is -0.912. The van der Waals surface area contributed by atoms with E-state index in [9.17, 15) is 9.90 Å². The van der Waals surface area contributed by atoms with Gasteiger partial charge in [-0.3, -0.25) is 5.32 Å². The molecule has 0 saturated carbocycles. The van der Waals surface area contributed by atoms with Gasteiger partial charge in [-0.1, -0.05) is 0 Å². The summed E-state index contributed by atoms with van der Waals surface area (Å²) in [4.78, 5) is 13.4. The quantitative estimate of drug-likeness (QED) is 0.859. The predicted molar refractivity (Wildman–Crippen MR) is 70.6 cm³/mol. The van der Waals surface area contributed by atoms with Crippen molar-refractivity contribution >= 4 is 11.8 Å². The van der Waals surface area contributed by atoms with Gasteiger partial charge in [-0.2, -0.15) is 5.10 Å². The molecule has 102 valence electrons. The molecule has 1 heterocycles. The number of aromatic nitrogens is 2. The van der Waals surface area contributed by atoms with Crippen LogP contribution in [0.25, 0.3) is 0 Å². The molecule has 0 aromatic carbocycles. The number of amides is 2. The van der Waals surface area contributed by atoms with E-state index in [1.54, 1.807) is 37.8 Å². The Kier molecular flexibility index (Phi) is 4.34. The van der Waals surface area contributed by atoms with Crippen LogP contribution in [0.1, 0.15) is 33.7 Å². The van der Waals surface area contributed by atoms with Crippen molar-refractivity contribution in [3.63, 3.8) is 0 Å². The molecule has 6 nitrogen and oxygen atoms in total. The lowest BCUT2D eigenvalue weighted by atomic mass is 10.1. The van der Waals surface area contributed by atoms with Crippen LogP contribution in [0.2, 0.25) is 0 Å². The number of hydrogen-bond acceptors (Lipinski definition) is 3. The average molecular weight is 254 g/mol. The lowest BCUT2D eigenvalue weighted by Crippen LogP contribution is -2.42. The van der Waals surface area contributed by atoms with Gasteiger partial charge < -0.3 is 10.0 Å². The van der Waals surface area contributed by atoms with Gasteiger partial charge in [-0.15, -0.1) is 0 Å². The van der Waals surface area contributed by atoms with Gasteiger partial charge in [0, 0.05) is 19.2 Å². The molecule has 0 spiro atoms. The largest absolute Gasteiger partial charge is 0.389 e. The van der Waals surface area contributed by atoms with Crippen molar-refractivity contribution < 1.29 is 9.90 Å². The van der Waals surface area contributed by atoms with Crippen molar-refractivity contribution in [2.75, 3.05) is 18.9 Å². The molecule has 0 fully saturated rings. The van der Waals surface area contributed by atoms with Gasteiger partial charge in [0.05, 0.1) is 18.3 Å². The van der Waals surface area contributed by atoms with Crippen molar-refractivity contribution in [3.05, 3.63) is 12.3 Å². The Morgan fingerprint density at radius 1 is 1.61 bits per heavy atom. The van der Waals surface area contributed by atoms with Crippen molar-refractivity contribution in [1.82, 2.24) is 14.7 Å². The molecule has 0 aliphatic carbocycles. The number of hydrogen-bond donors (Lipinski definition) is 2. The minimum atomic E-state index is -0.912. The first-order chi connectivity index (χ1) is 8.20. The van der Waals surface area contributed by atoms with Gasteiger partial charge in [0.2, 0.25) is 0 Å². The van der Waals surface area contributed by atoms with E-state index in [2.05, 4.69) is 10.4 Å². The maximum Gasteiger partial charge on any atom is 0.322 e. The molecule has 0 aliphatic rings. The van der Waals surface area contributed by atoms with Gasteiger partial charge in [0.25, 0.3) is 0 Å². The summed E-state index contributed by atoms with van der Waals surface area (Å²) in [5.74, 6) is 0.651. The zero-order valence-electron chi connectivity index (χ0n) is 11.6.